The van der Waals surface area contributed by atoms with Gasteiger partial charge >= 0.3 is 0 Å². The number of rotatable bonds is 4. The van der Waals surface area contributed by atoms with Gasteiger partial charge in [-0.15, -0.1) is 0 Å². The lowest BCUT2D eigenvalue weighted by molar-refractivity contribution is -0.113. The fraction of sp³-hybridized carbons (Fsp3) is 0.0714. The van der Waals surface area contributed by atoms with Crippen LogP contribution >= 0.6 is 0 Å². The van der Waals surface area contributed by atoms with Crippen molar-refractivity contribution < 1.29 is 17.6 Å². The van der Waals surface area contributed by atoms with Crippen molar-refractivity contribution in [1.29, 1.82) is 0 Å². The van der Waals surface area contributed by atoms with Crippen LogP contribution in [0.3, 0.4) is 0 Å². The number of aryl methyl sites for hydroxylation is 1. The summed E-state index contributed by atoms with van der Waals surface area (Å²) in [5.74, 6) is -0.157. The van der Waals surface area contributed by atoms with Gasteiger partial charge in [0.05, 0.1) is 4.90 Å². The van der Waals surface area contributed by atoms with Crippen LogP contribution in [0.1, 0.15) is 11.5 Å². The summed E-state index contributed by atoms with van der Waals surface area (Å²) >= 11 is 0. The highest BCUT2D eigenvalue weighted by atomic mass is 32.2. The zero-order valence-corrected chi connectivity index (χ0v) is 11.6. The quantitative estimate of drug-likeness (QED) is 0.871. The summed E-state index contributed by atoms with van der Waals surface area (Å²) in [4.78, 5) is 11.0. The van der Waals surface area contributed by atoms with E-state index in [1.165, 1.54) is 12.1 Å². The number of primary amides is 1. The molecule has 1 aromatic heterocycles. The molecule has 0 aliphatic heterocycles. The normalized spacial score (nSPS) is 12.3. The Morgan fingerprint density at radius 2 is 1.80 bits per heavy atom. The smallest absolute Gasteiger partial charge is 0.260 e. The Bertz CT molecular complexity index is 757. The molecular formula is C14H13NO4S. The van der Waals surface area contributed by atoms with E-state index >= 15 is 0 Å². The molecule has 0 bridgehead atoms. The molecule has 0 fully saturated rings. The van der Waals surface area contributed by atoms with E-state index in [0.717, 1.165) is 6.08 Å². The van der Waals surface area contributed by atoms with Gasteiger partial charge in [0.1, 0.15) is 16.4 Å². The zero-order valence-electron chi connectivity index (χ0n) is 10.7. The Kier molecular flexibility index (Phi) is 3.76. The Hall–Kier alpha value is -2.34. The average molecular weight is 291 g/mol. The van der Waals surface area contributed by atoms with Gasteiger partial charge in [0.25, 0.3) is 5.91 Å². The summed E-state index contributed by atoms with van der Waals surface area (Å²) in [6.45, 7) is 1.72. The number of hydrogen-bond acceptors (Lipinski definition) is 4. The third kappa shape index (κ3) is 2.80. The lowest BCUT2D eigenvalue weighted by Crippen LogP contribution is -2.21. The minimum Gasteiger partial charge on any atom is -0.462 e. The number of nitrogens with two attached hydrogens (primary N) is 1. The van der Waals surface area contributed by atoms with Gasteiger partial charge in [-0.1, -0.05) is 18.2 Å². The summed E-state index contributed by atoms with van der Waals surface area (Å²) in [7, 11) is -3.96. The topological polar surface area (TPSA) is 90.4 Å². The Morgan fingerprint density at radius 3 is 2.30 bits per heavy atom. The van der Waals surface area contributed by atoms with E-state index in [9.17, 15) is 13.2 Å². The number of carbonyl (C=O) groups excluding carboxylic acids is 1. The third-order valence-corrected chi connectivity index (χ3v) is 4.41. The van der Waals surface area contributed by atoms with Gasteiger partial charge in [0.15, 0.2) is 0 Å². The molecule has 6 heteroatoms. The van der Waals surface area contributed by atoms with Gasteiger partial charge in [-0.25, -0.2) is 8.42 Å². The van der Waals surface area contributed by atoms with Crippen molar-refractivity contribution >= 4 is 21.8 Å². The van der Waals surface area contributed by atoms with Crippen LogP contribution in [-0.4, -0.2) is 14.3 Å². The Morgan fingerprint density at radius 1 is 1.15 bits per heavy atom. The molecule has 0 saturated carbocycles. The number of hydrogen-bond donors (Lipinski definition) is 1. The molecule has 20 heavy (non-hydrogen) atoms. The molecule has 1 heterocycles. The minimum absolute atomic E-state index is 0.00771. The SMILES string of the molecule is Cc1ccc(C=C(C(N)=O)S(=O)(=O)c2ccccc2)o1. The molecule has 0 atom stereocenters. The Labute approximate surface area is 116 Å². The molecule has 5 nitrogen and oxygen atoms in total. The van der Waals surface area contributed by atoms with Crippen molar-refractivity contribution in [3.8, 4) is 0 Å². The molecule has 0 aliphatic rings. The van der Waals surface area contributed by atoms with Crippen LogP contribution in [0.5, 0.6) is 0 Å². The van der Waals surface area contributed by atoms with Gasteiger partial charge in [-0.3, -0.25) is 4.79 Å². The van der Waals surface area contributed by atoms with Crippen LogP contribution in [0.15, 0.2) is 56.7 Å². The maximum atomic E-state index is 12.4. The van der Waals surface area contributed by atoms with Crippen molar-refractivity contribution in [2.75, 3.05) is 0 Å². The number of sulfone groups is 1. The fourth-order valence-electron chi connectivity index (χ4n) is 1.67. The van der Waals surface area contributed by atoms with Crippen molar-refractivity contribution in [3.63, 3.8) is 0 Å². The van der Waals surface area contributed by atoms with Gasteiger partial charge < -0.3 is 10.2 Å². The molecule has 2 N–H and O–H groups in total. The molecule has 1 aromatic carbocycles. The molecule has 1 amide bonds. The van der Waals surface area contributed by atoms with Crippen LogP contribution in [0, 0.1) is 6.92 Å². The van der Waals surface area contributed by atoms with Crippen LogP contribution < -0.4 is 5.73 Å². The number of furan rings is 1. The molecule has 0 aliphatic carbocycles. The molecule has 2 aromatic rings. The van der Waals surface area contributed by atoms with Crippen molar-refractivity contribution in [3.05, 3.63) is 58.9 Å². The second kappa shape index (κ2) is 5.34. The van der Waals surface area contributed by atoms with Crippen molar-refractivity contribution in [2.45, 2.75) is 11.8 Å². The van der Waals surface area contributed by atoms with E-state index in [-0.39, 0.29) is 10.7 Å². The van der Waals surface area contributed by atoms with E-state index < -0.39 is 20.6 Å². The lowest BCUT2D eigenvalue weighted by Gasteiger charge is -2.05. The first-order valence-electron chi connectivity index (χ1n) is 5.79. The molecule has 104 valence electrons. The van der Waals surface area contributed by atoms with E-state index in [0.29, 0.717) is 5.76 Å². The highest BCUT2D eigenvalue weighted by molar-refractivity contribution is 7.96. The lowest BCUT2D eigenvalue weighted by atomic mass is 10.4. The van der Waals surface area contributed by atoms with Gasteiger partial charge in [0.2, 0.25) is 9.84 Å². The van der Waals surface area contributed by atoms with Gasteiger partial charge in [0, 0.05) is 6.08 Å². The first-order chi connectivity index (χ1) is 9.41. The van der Waals surface area contributed by atoms with Crippen LogP contribution in [0.4, 0.5) is 0 Å². The van der Waals surface area contributed by atoms with E-state index in [1.54, 1.807) is 37.3 Å². The van der Waals surface area contributed by atoms with Crippen LogP contribution in [0.25, 0.3) is 6.08 Å². The summed E-state index contributed by atoms with van der Waals surface area (Å²) in [6.07, 6.45) is 1.14. The molecule has 0 radical (unpaired) electrons. The predicted octanol–water partition coefficient (Wildman–Crippen LogP) is 1.89. The van der Waals surface area contributed by atoms with Gasteiger partial charge in [-0.2, -0.15) is 0 Å². The summed E-state index contributed by atoms with van der Waals surface area (Å²) in [5, 5.41) is 0. The molecule has 0 saturated heterocycles. The van der Waals surface area contributed by atoms with Crippen molar-refractivity contribution in [1.82, 2.24) is 0 Å². The number of carbonyl (C=O) groups is 1. The highest BCUT2D eigenvalue weighted by Crippen LogP contribution is 2.21. The maximum absolute atomic E-state index is 12.4. The third-order valence-electron chi connectivity index (χ3n) is 2.62. The molecule has 0 spiro atoms. The predicted molar refractivity (Wildman–Crippen MR) is 74.2 cm³/mol. The Balaban J connectivity index is 2.55. The molecular weight excluding hydrogens is 278 g/mol. The summed E-state index contributed by atoms with van der Waals surface area (Å²) < 4.78 is 30.0. The van der Waals surface area contributed by atoms with Gasteiger partial charge in [-0.05, 0) is 31.2 Å². The number of amides is 1. The second-order valence-corrected chi connectivity index (χ2v) is 6.06. The average Bonchev–Trinajstić information content (AvgIpc) is 2.82. The first kappa shape index (κ1) is 14.1. The number of benzene rings is 1. The van der Waals surface area contributed by atoms with Crippen molar-refractivity contribution in [2.24, 2.45) is 5.73 Å². The molecule has 2 rings (SSSR count). The summed E-state index contributed by atoms with van der Waals surface area (Å²) in [6, 6.07) is 10.9. The second-order valence-electron chi connectivity index (χ2n) is 4.14. The summed E-state index contributed by atoms with van der Waals surface area (Å²) in [5.41, 5.74) is 5.19. The molecule has 0 unspecified atom stereocenters. The van der Waals surface area contributed by atoms with E-state index in [4.69, 9.17) is 10.2 Å². The minimum atomic E-state index is -3.96. The van der Waals surface area contributed by atoms with Crippen LogP contribution in [0.2, 0.25) is 0 Å². The highest BCUT2D eigenvalue weighted by Gasteiger charge is 2.25. The van der Waals surface area contributed by atoms with Crippen LogP contribution in [-0.2, 0) is 14.6 Å². The zero-order chi connectivity index (χ0) is 14.8. The first-order valence-corrected chi connectivity index (χ1v) is 7.27. The monoisotopic (exact) mass is 291 g/mol. The fourth-order valence-corrected chi connectivity index (χ4v) is 2.97. The van der Waals surface area contributed by atoms with E-state index in [2.05, 4.69) is 0 Å². The van der Waals surface area contributed by atoms with E-state index in [1.807, 2.05) is 0 Å². The largest absolute Gasteiger partial charge is 0.462 e. The standard InChI is InChI=1S/C14H13NO4S/c1-10-7-8-11(19-10)9-13(14(15)16)20(17,18)12-5-3-2-4-6-12/h2-9H,1H3,(H2,15,16). The maximum Gasteiger partial charge on any atom is 0.260 e.